The van der Waals surface area contributed by atoms with Gasteiger partial charge in [-0.2, -0.15) is 0 Å². The van der Waals surface area contributed by atoms with Gasteiger partial charge in [-0.15, -0.1) is 11.3 Å². The maximum atomic E-state index is 6.21. The molecule has 2 aliphatic rings. The molecule has 0 aromatic carbocycles. The summed E-state index contributed by atoms with van der Waals surface area (Å²) in [6.45, 7) is 7.13. The van der Waals surface area contributed by atoms with E-state index in [2.05, 4.69) is 20.8 Å². The predicted molar refractivity (Wildman–Crippen MR) is 82.7 cm³/mol. The van der Waals surface area contributed by atoms with E-state index < -0.39 is 0 Å². The lowest BCUT2D eigenvalue weighted by Gasteiger charge is -2.36. The van der Waals surface area contributed by atoms with Crippen LogP contribution >= 0.6 is 11.3 Å². The first-order valence-corrected chi connectivity index (χ1v) is 8.53. The monoisotopic (exact) mass is 278 g/mol. The fourth-order valence-electron chi connectivity index (χ4n) is 3.39. The highest BCUT2D eigenvalue weighted by molar-refractivity contribution is 7.15. The Hall–Kier alpha value is -0.570. The second-order valence-electron chi connectivity index (χ2n) is 7.49. The van der Waals surface area contributed by atoms with Crippen LogP contribution in [0.25, 0.3) is 0 Å². The fraction of sp³-hybridized carbons (Fsp3) is 0.812. The average molecular weight is 278 g/mol. The number of hydrogen-bond donors (Lipinski definition) is 1. The van der Waals surface area contributed by atoms with E-state index in [1.54, 1.807) is 11.3 Å². The van der Waals surface area contributed by atoms with E-state index in [0.29, 0.717) is 11.3 Å². The Kier molecular flexibility index (Phi) is 3.36. The first-order chi connectivity index (χ1) is 8.95. The van der Waals surface area contributed by atoms with Crippen LogP contribution in [0.15, 0.2) is 0 Å². The van der Waals surface area contributed by atoms with Crippen LogP contribution in [-0.2, 0) is 0 Å². The molecule has 2 nitrogen and oxygen atoms in total. The molecule has 1 heterocycles. The largest absolute Gasteiger partial charge is 0.389 e. The third kappa shape index (κ3) is 2.81. The molecule has 0 amide bonds. The highest BCUT2D eigenvalue weighted by atomic mass is 32.1. The highest BCUT2D eigenvalue weighted by Gasteiger charge is 2.33. The van der Waals surface area contributed by atoms with Gasteiger partial charge in [-0.3, -0.25) is 0 Å². The summed E-state index contributed by atoms with van der Waals surface area (Å²) in [5.74, 6) is 2.24. The topological polar surface area (TPSA) is 38.9 Å². The molecular formula is C16H26N2S. The molecule has 0 unspecified atom stereocenters. The summed E-state index contributed by atoms with van der Waals surface area (Å²) in [6, 6.07) is 0. The highest BCUT2D eigenvalue weighted by Crippen LogP contribution is 2.48. The fourth-order valence-corrected chi connectivity index (χ4v) is 4.48. The van der Waals surface area contributed by atoms with E-state index in [0.717, 1.165) is 16.8 Å². The summed E-state index contributed by atoms with van der Waals surface area (Å²) in [6.07, 6.45) is 7.88. The third-order valence-corrected chi connectivity index (χ3v) is 6.03. The van der Waals surface area contributed by atoms with E-state index in [-0.39, 0.29) is 0 Å². The van der Waals surface area contributed by atoms with Crippen LogP contribution in [-0.4, -0.2) is 4.98 Å². The molecule has 0 radical (unpaired) electrons. The van der Waals surface area contributed by atoms with Gasteiger partial charge in [0, 0.05) is 11.8 Å². The number of nitrogen functional groups attached to an aromatic ring is 1. The molecule has 106 valence electrons. The lowest BCUT2D eigenvalue weighted by atomic mass is 9.69. The van der Waals surface area contributed by atoms with Crippen molar-refractivity contribution in [1.29, 1.82) is 0 Å². The van der Waals surface area contributed by atoms with Gasteiger partial charge in [-0.1, -0.05) is 20.8 Å². The molecule has 0 aliphatic heterocycles. The number of anilines is 1. The number of thiazole rings is 1. The molecule has 0 bridgehead atoms. The van der Waals surface area contributed by atoms with E-state index in [1.165, 1.54) is 49.2 Å². The van der Waals surface area contributed by atoms with Crippen LogP contribution in [0.5, 0.6) is 0 Å². The van der Waals surface area contributed by atoms with Gasteiger partial charge in [0.25, 0.3) is 0 Å². The molecule has 0 spiro atoms. The molecule has 1 aromatic heterocycles. The molecule has 1 aromatic rings. The Morgan fingerprint density at radius 3 is 2.11 bits per heavy atom. The van der Waals surface area contributed by atoms with Crippen LogP contribution in [0.3, 0.4) is 0 Å². The first-order valence-electron chi connectivity index (χ1n) is 7.71. The summed E-state index contributed by atoms with van der Waals surface area (Å²) in [5.41, 5.74) is 7.91. The molecule has 2 N–H and O–H groups in total. The van der Waals surface area contributed by atoms with Crippen molar-refractivity contribution in [2.24, 2.45) is 11.3 Å². The van der Waals surface area contributed by atoms with Crippen molar-refractivity contribution in [2.45, 2.75) is 71.1 Å². The number of aromatic nitrogens is 1. The lowest BCUT2D eigenvalue weighted by molar-refractivity contribution is 0.168. The smallest absolute Gasteiger partial charge is 0.110 e. The minimum atomic E-state index is 0.456. The van der Waals surface area contributed by atoms with E-state index in [9.17, 15) is 0 Å². The minimum Gasteiger partial charge on any atom is -0.389 e. The molecule has 0 saturated heterocycles. The van der Waals surface area contributed by atoms with E-state index >= 15 is 0 Å². The Bertz CT molecular complexity index is 446. The number of hydrogen-bond acceptors (Lipinski definition) is 3. The summed E-state index contributed by atoms with van der Waals surface area (Å²) in [5, 5.41) is 2.31. The Morgan fingerprint density at radius 1 is 1.00 bits per heavy atom. The quantitative estimate of drug-likeness (QED) is 0.833. The number of nitrogens with two attached hydrogens (primary N) is 1. The maximum absolute atomic E-state index is 6.21. The van der Waals surface area contributed by atoms with Gasteiger partial charge in [-0.05, 0) is 49.9 Å². The summed E-state index contributed by atoms with van der Waals surface area (Å²) in [7, 11) is 0. The van der Waals surface area contributed by atoms with Crippen molar-refractivity contribution in [1.82, 2.24) is 4.98 Å². The second kappa shape index (κ2) is 4.76. The van der Waals surface area contributed by atoms with Gasteiger partial charge in [0.1, 0.15) is 5.00 Å². The van der Waals surface area contributed by atoms with Crippen molar-refractivity contribution < 1.29 is 0 Å². The zero-order chi connectivity index (χ0) is 13.6. The van der Waals surface area contributed by atoms with Gasteiger partial charge in [0.05, 0.1) is 10.7 Å². The van der Waals surface area contributed by atoms with Gasteiger partial charge in [0.15, 0.2) is 0 Å². The number of nitrogens with zero attached hydrogens (tertiary/aromatic N) is 1. The van der Waals surface area contributed by atoms with Gasteiger partial charge in [0.2, 0.25) is 0 Å². The van der Waals surface area contributed by atoms with Crippen molar-refractivity contribution in [3.8, 4) is 0 Å². The standard InChI is InChI=1S/C16H26N2S/c1-16(2,3)12-8-6-10(7-9-12)13-14(17)19-15(18-13)11-4-5-11/h10-12H,4-9,17H2,1-3H3. The number of rotatable bonds is 2. The van der Waals surface area contributed by atoms with Crippen LogP contribution < -0.4 is 5.73 Å². The van der Waals surface area contributed by atoms with Crippen molar-refractivity contribution in [3.05, 3.63) is 10.7 Å². The maximum Gasteiger partial charge on any atom is 0.110 e. The minimum absolute atomic E-state index is 0.456. The van der Waals surface area contributed by atoms with E-state index in [1.807, 2.05) is 0 Å². The Labute approximate surface area is 120 Å². The molecule has 19 heavy (non-hydrogen) atoms. The summed E-state index contributed by atoms with van der Waals surface area (Å²) >= 11 is 1.75. The average Bonchev–Trinajstić information content (AvgIpc) is 3.12. The van der Waals surface area contributed by atoms with Crippen LogP contribution in [0, 0.1) is 11.3 Å². The summed E-state index contributed by atoms with van der Waals surface area (Å²) < 4.78 is 0. The van der Waals surface area contributed by atoms with Crippen LogP contribution in [0.1, 0.15) is 81.8 Å². The van der Waals surface area contributed by atoms with Gasteiger partial charge < -0.3 is 5.73 Å². The van der Waals surface area contributed by atoms with E-state index in [4.69, 9.17) is 10.7 Å². The van der Waals surface area contributed by atoms with Gasteiger partial charge >= 0.3 is 0 Å². The molecule has 2 saturated carbocycles. The van der Waals surface area contributed by atoms with Crippen molar-refractivity contribution in [2.75, 3.05) is 5.73 Å². The predicted octanol–water partition coefficient (Wildman–Crippen LogP) is 4.92. The molecule has 0 atom stereocenters. The molecule has 2 aliphatic carbocycles. The SMILES string of the molecule is CC(C)(C)C1CCC(c2nc(C3CC3)sc2N)CC1. The third-order valence-electron chi connectivity index (χ3n) is 4.96. The summed E-state index contributed by atoms with van der Waals surface area (Å²) in [4.78, 5) is 4.88. The zero-order valence-electron chi connectivity index (χ0n) is 12.4. The second-order valence-corrected chi connectivity index (χ2v) is 8.55. The van der Waals surface area contributed by atoms with Crippen LogP contribution in [0.4, 0.5) is 5.00 Å². The molecule has 2 fully saturated rings. The van der Waals surface area contributed by atoms with Crippen molar-refractivity contribution >= 4 is 16.3 Å². The van der Waals surface area contributed by atoms with Crippen molar-refractivity contribution in [3.63, 3.8) is 0 Å². The molecule has 3 heteroatoms. The van der Waals surface area contributed by atoms with Gasteiger partial charge in [-0.25, -0.2) is 4.98 Å². The Morgan fingerprint density at radius 2 is 1.58 bits per heavy atom. The normalized spacial score (nSPS) is 28.6. The Balaban J connectivity index is 1.68. The van der Waals surface area contributed by atoms with Crippen LogP contribution in [0.2, 0.25) is 0 Å². The molecule has 3 rings (SSSR count). The molecular weight excluding hydrogens is 252 g/mol. The zero-order valence-corrected chi connectivity index (χ0v) is 13.2. The first kappa shape index (κ1) is 13.4. The lowest BCUT2D eigenvalue weighted by Crippen LogP contribution is -2.25.